The van der Waals surface area contributed by atoms with E-state index in [1.807, 2.05) is 0 Å². The molecule has 1 nitrogen and oxygen atoms in total. The summed E-state index contributed by atoms with van der Waals surface area (Å²) in [5, 5.41) is 9.48. The minimum Gasteiger partial charge on any atom is -0.396 e. The van der Waals surface area contributed by atoms with Crippen LogP contribution in [0.2, 0.25) is 0 Å². The summed E-state index contributed by atoms with van der Waals surface area (Å²) in [5.41, 5.74) is 0.728. The van der Waals surface area contributed by atoms with Gasteiger partial charge in [-0.1, -0.05) is 27.7 Å². The summed E-state index contributed by atoms with van der Waals surface area (Å²) in [6.45, 7) is 9.86. The van der Waals surface area contributed by atoms with Gasteiger partial charge in [0.15, 0.2) is 0 Å². The monoisotopic (exact) mass is 182 g/mol. The van der Waals surface area contributed by atoms with E-state index in [1.165, 1.54) is 12.8 Å². The second-order valence-corrected chi connectivity index (χ2v) is 5.97. The summed E-state index contributed by atoms with van der Waals surface area (Å²) in [6, 6.07) is 0. The van der Waals surface area contributed by atoms with E-state index in [0.717, 1.165) is 11.8 Å². The van der Waals surface area contributed by atoms with Crippen LogP contribution in [-0.4, -0.2) is 11.7 Å². The molecule has 2 aliphatic rings. The minimum atomic E-state index is 0.315. The third kappa shape index (κ3) is 1.03. The van der Waals surface area contributed by atoms with Gasteiger partial charge in [-0.3, -0.25) is 0 Å². The molecule has 0 unspecified atom stereocenters. The molecule has 2 aliphatic carbocycles. The van der Waals surface area contributed by atoms with Gasteiger partial charge in [0.2, 0.25) is 0 Å². The van der Waals surface area contributed by atoms with Crippen LogP contribution < -0.4 is 0 Å². The van der Waals surface area contributed by atoms with Gasteiger partial charge in [0, 0.05) is 6.61 Å². The van der Waals surface area contributed by atoms with Gasteiger partial charge in [0.05, 0.1) is 0 Å². The van der Waals surface area contributed by atoms with Gasteiger partial charge in [-0.25, -0.2) is 0 Å². The van der Waals surface area contributed by atoms with Crippen molar-refractivity contribution in [3.63, 3.8) is 0 Å². The molecule has 0 saturated heterocycles. The molecular weight excluding hydrogens is 160 g/mol. The van der Waals surface area contributed by atoms with Gasteiger partial charge < -0.3 is 5.11 Å². The molecule has 2 fully saturated rings. The summed E-state index contributed by atoms with van der Waals surface area (Å²) < 4.78 is 0. The van der Waals surface area contributed by atoms with Crippen LogP contribution in [0, 0.1) is 28.6 Å². The number of hydrogen-bond acceptors (Lipinski definition) is 1. The summed E-state index contributed by atoms with van der Waals surface area (Å²) in [6.07, 6.45) is 2.61. The minimum absolute atomic E-state index is 0.315. The molecule has 2 saturated carbocycles. The maximum absolute atomic E-state index is 9.48. The summed E-state index contributed by atoms with van der Waals surface area (Å²) in [4.78, 5) is 0. The predicted octanol–water partition coefficient (Wildman–Crippen LogP) is 2.69. The zero-order chi connectivity index (χ0) is 9.85. The summed E-state index contributed by atoms with van der Waals surface area (Å²) in [5.74, 6) is 2.32. The zero-order valence-electron chi connectivity index (χ0n) is 9.30. The van der Waals surface area contributed by atoms with E-state index < -0.39 is 0 Å². The Labute approximate surface area is 81.5 Å². The zero-order valence-corrected chi connectivity index (χ0v) is 9.30. The Morgan fingerprint density at radius 2 is 1.92 bits per heavy atom. The molecule has 0 aliphatic heterocycles. The molecule has 0 aromatic carbocycles. The third-order valence-electron chi connectivity index (χ3n) is 5.46. The normalized spacial score (nSPS) is 52.8. The first-order chi connectivity index (χ1) is 5.95. The lowest BCUT2D eigenvalue weighted by Crippen LogP contribution is -2.41. The molecule has 13 heavy (non-hydrogen) atoms. The third-order valence-corrected chi connectivity index (χ3v) is 5.46. The summed E-state index contributed by atoms with van der Waals surface area (Å²) >= 11 is 0. The molecule has 2 rings (SSSR count). The van der Waals surface area contributed by atoms with Crippen molar-refractivity contribution in [3.8, 4) is 0 Å². The smallest absolute Gasteiger partial charge is 0.0492 e. The van der Waals surface area contributed by atoms with Crippen molar-refractivity contribution < 1.29 is 5.11 Å². The Balaban J connectivity index is 2.25. The van der Waals surface area contributed by atoms with E-state index >= 15 is 0 Å². The molecule has 1 N–H and O–H groups in total. The number of fused-ring (bicyclic) bond motifs is 1. The Morgan fingerprint density at radius 1 is 1.31 bits per heavy atom. The summed E-state index contributed by atoms with van der Waals surface area (Å²) in [7, 11) is 0. The molecule has 76 valence electrons. The SMILES string of the molecule is C[C@@H]1C[C@@H]2C[C@]2(CO)[C@H](C)C1(C)C. The Hall–Kier alpha value is -0.0400. The van der Waals surface area contributed by atoms with E-state index in [2.05, 4.69) is 27.7 Å². The van der Waals surface area contributed by atoms with Crippen LogP contribution >= 0.6 is 0 Å². The quantitative estimate of drug-likeness (QED) is 0.661. The molecule has 1 heteroatoms. The number of aliphatic hydroxyl groups is 1. The lowest BCUT2D eigenvalue weighted by atomic mass is 9.59. The number of rotatable bonds is 1. The van der Waals surface area contributed by atoms with Crippen molar-refractivity contribution in [1.82, 2.24) is 0 Å². The number of aliphatic hydroxyl groups excluding tert-OH is 1. The fraction of sp³-hybridized carbons (Fsp3) is 1.00. The van der Waals surface area contributed by atoms with Crippen LogP contribution in [0.15, 0.2) is 0 Å². The fourth-order valence-corrected chi connectivity index (χ4v) is 3.48. The van der Waals surface area contributed by atoms with Crippen LogP contribution in [0.25, 0.3) is 0 Å². The Bertz CT molecular complexity index is 219. The van der Waals surface area contributed by atoms with Crippen LogP contribution in [0.4, 0.5) is 0 Å². The molecule has 0 radical (unpaired) electrons. The van der Waals surface area contributed by atoms with Crippen molar-refractivity contribution in [3.05, 3.63) is 0 Å². The van der Waals surface area contributed by atoms with Gasteiger partial charge in [-0.15, -0.1) is 0 Å². The van der Waals surface area contributed by atoms with Crippen molar-refractivity contribution in [2.45, 2.75) is 40.5 Å². The maximum Gasteiger partial charge on any atom is 0.0492 e. The van der Waals surface area contributed by atoms with Crippen LogP contribution in [0.5, 0.6) is 0 Å². The van der Waals surface area contributed by atoms with Gasteiger partial charge in [-0.05, 0) is 41.4 Å². The van der Waals surface area contributed by atoms with E-state index in [1.54, 1.807) is 0 Å². The Morgan fingerprint density at radius 3 is 2.46 bits per heavy atom. The van der Waals surface area contributed by atoms with Gasteiger partial charge in [-0.2, -0.15) is 0 Å². The van der Waals surface area contributed by atoms with Gasteiger partial charge in [0.1, 0.15) is 0 Å². The van der Waals surface area contributed by atoms with E-state index in [9.17, 15) is 5.11 Å². The standard InChI is InChI=1S/C12H22O/c1-8-5-10-6-12(10,7-13)9(2)11(8,3)4/h8-10,13H,5-7H2,1-4H3/t8-,9-,10-,12+/m1/s1. The van der Waals surface area contributed by atoms with E-state index in [4.69, 9.17) is 0 Å². The van der Waals surface area contributed by atoms with Crippen molar-refractivity contribution >= 4 is 0 Å². The Kier molecular flexibility index (Phi) is 1.83. The molecule has 0 aromatic heterocycles. The van der Waals surface area contributed by atoms with Crippen LogP contribution in [0.3, 0.4) is 0 Å². The van der Waals surface area contributed by atoms with E-state index in [-0.39, 0.29) is 0 Å². The highest BCUT2D eigenvalue weighted by molar-refractivity contribution is 5.12. The van der Waals surface area contributed by atoms with Crippen molar-refractivity contribution in [2.75, 3.05) is 6.61 Å². The lowest BCUT2D eigenvalue weighted by molar-refractivity contribution is -0.00537. The highest BCUT2D eigenvalue weighted by atomic mass is 16.3. The van der Waals surface area contributed by atoms with Gasteiger partial charge in [0.25, 0.3) is 0 Å². The first-order valence-electron chi connectivity index (χ1n) is 5.56. The first-order valence-corrected chi connectivity index (χ1v) is 5.56. The molecule has 0 aromatic rings. The van der Waals surface area contributed by atoms with Crippen molar-refractivity contribution in [1.29, 1.82) is 0 Å². The molecule has 0 spiro atoms. The average Bonchev–Trinajstić information content (AvgIpc) is 2.77. The predicted molar refractivity (Wildman–Crippen MR) is 54.4 cm³/mol. The van der Waals surface area contributed by atoms with Crippen LogP contribution in [0.1, 0.15) is 40.5 Å². The maximum atomic E-state index is 9.48. The number of hydrogen-bond donors (Lipinski definition) is 1. The van der Waals surface area contributed by atoms with E-state index in [0.29, 0.717) is 23.4 Å². The topological polar surface area (TPSA) is 20.2 Å². The van der Waals surface area contributed by atoms with Gasteiger partial charge >= 0.3 is 0 Å². The second kappa shape index (κ2) is 2.50. The fourth-order valence-electron chi connectivity index (χ4n) is 3.48. The second-order valence-electron chi connectivity index (χ2n) is 5.97. The van der Waals surface area contributed by atoms with Crippen molar-refractivity contribution in [2.24, 2.45) is 28.6 Å². The highest BCUT2D eigenvalue weighted by Gasteiger charge is 2.64. The largest absolute Gasteiger partial charge is 0.396 e. The molecule has 0 heterocycles. The average molecular weight is 182 g/mol. The molecule has 0 amide bonds. The highest BCUT2D eigenvalue weighted by Crippen LogP contribution is 2.69. The molecule has 0 bridgehead atoms. The first kappa shape index (κ1) is 9.51. The molecule has 4 atom stereocenters. The lowest BCUT2D eigenvalue weighted by Gasteiger charge is -2.46. The van der Waals surface area contributed by atoms with Crippen LogP contribution in [-0.2, 0) is 0 Å². The molecular formula is C12H22O.